The Bertz CT molecular complexity index is 856. The molecule has 3 rings (SSSR count). The van der Waals surface area contributed by atoms with Gasteiger partial charge >= 0.3 is 0 Å². The van der Waals surface area contributed by atoms with E-state index in [4.69, 9.17) is 9.47 Å². The second kappa shape index (κ2) is 11.1. The Morgan fingerprint density at radius 3 is 2.71 bits per heavy atom. The molecule has 3 atom stereocenters. The molecule has 168 valence electrons. The number of rotatable bonds is 10. The van der Waals surface area contributed by atoms with Crippen LogP contribution in [0.15, 0.2) is 42.9 Å². The Morgan fingerprint density at radius 1 is 1.29 bits per heavy atom. The summed E-state index contributed by atoms with van der Waals surface area (Å²) in [6.45, 7) is 6.32. The summed E-state index contributed by atoms with van der Waals surface area (Å²) >= 11 is 0. The van der Waals surface area contributed by atoms with Gasteiger partial charge in [-0.15, -0.1) is 0 Å². The number of benzene rings is 1. The Labute approximate surface area is 185 Å². The van der Waals surface area contributed by atoms with Crippen LogP contribution in [0.5, 0.6) is 5.75 Å². The number of anilines is 2. The predicted molar refractivity (Wildman–Crippen MR) is 123 cm³/mol. The van der Waals surface area contributed by atoms with Crippen LogP contribution < -0.4 is 15.0 Å². The Kier molecular flexibility index (Phi) is 8.26. The number of aromatic nitrogens is 2. The topological polar surface area (TPSA) is 79.7 Å². The van der Waals surface area contributed by atoms with Gasteiger partial charge in [-0.05, 0) is 50.8 Å². The second-order valence-electron chi connectivity index (χ2n) is 7.86. The first-order valence-electron chi connectivity index (χ1n) is 11.0. The summed E-state index contributed by atoms with van der Waals surface area (Å²) in [6, 6.07) is 8.09. The monoisotopic (exact) mass is 426 g/mol. The first-order chi connectivity index (χ1) is 15.1. The van der Waals surface area contributed by atoms with Gasteiger partial charge in [-0.3, -0.25) is 0 Å². The van der Waals surface area contributed by atoms with Crippen molar-refractivity contribution in [2.75, 3.05) is 23.9 Å². The van der Waals surface area contributed by atoms with Gasteiger partial charge in [0.2, 0.25) is 0 Å². The number of allylic oxidation sites excluding steroid dienone is 1. The molecular weight excluding hydrogens is 392 g/mol. The largest absolute Gasteiger partial charge is 0.497 e. The minimum atomic E-state index is -0.147. The van der Waals surface area contributed by atoms with E-state index in [0.717, 1.165) is 54.2 Å². The third kappa shape index (κ3) is 5.74. The second-order valence-corrected chi connectivity index (χ2v) is 7.86. The molecule has 7 nitrogen and oxygen atoms in total. The van der Waals surface area contributed by atoms with Crippen LogP contribution in [-0.4, -0.2) is 41.1 Å². The molecule has 31 heavy (non-hydrogen) atoms. The van der Waals surface area contributed by atoms with Gasteiger partial charge in [0.15, 0.2) is 0 Å². The number of nitrogens with one attached hydrogen (secondary N) is 1. The van der Waals surface area contributed by atoms with Gasteiger partial charge in [-0.2, -0.15) is 0 Å². The van der Waals surface area contributed by atoms with E-state index in [1.54, 1.807) is 13.4 Å². The van der Waals surface area contributed by atoms with Crippen molar-refractivity contribution in [3.8, 4) is 5.75 Å². The number of nitrogens with zero attached hydrogens (tertiary/aromatic N) is 3. The lowest BCUT2D eigenvalue weighted by atomic mass is 10.1. The fraction of sp³-hybridized carbons (Fsp3) is 0.500. The third-order valence-electron chi connectivity index (χ3n) is 5.59. The van der Waals surface area contributed by atoms with Gasteiger partial charge in [-0.25, -0.2) is 9.97 Å². The standard InChI is InChI=1S/C24H34N4O3/c1-5-6-7-14-28(22-13-12-21(15-29)31-22)24-17(2)23(25-16-26-24)27-18(3)19-8-10-20(30-4)11-9-19/h7-11,14,16,18,21-22,29H,5-6,12-13,15H2,1-4H3,(H,25,26,27). The molecule has 0 radical (unpaired) electrons. The first-order valence-corrected chi connectivity index (χ1v) is 11.0. The number of methoxy groups -OCH3 is 1. The average molecular weight is 427 g/mol. The lowest BCUT2D eigenvalue weighted by molar-refractivity contribution is 0.0140. The molecular formula is C24H34N4O3. The van der Waals surface area contributed by atoms with Crippen LogP contribution >= 0.6 is 0 Å². The zero-order valence-corrected chi connectivity index (χ0v) is 18.9. The molecule has 1 saturated heterocycles. The summed E-state index contributed by atoms with van der Waals surface area (Å²) in [5.74, 6) is 2.44. The van der Waals surface area contributed by atoms with Gasteiger partial charge < -0.3 is 24.8 Å². The molecule has 0 saturated carbocycles. The molecule has 1 aliphatic rings. The molecule has 2 N–H and O–H groups in total. The maximum atomic E-state index is 9.48. The summed E-state index contributed by atoms with van der Waals surface area (Å²) in [4.78, 5) is 11.2. The summed E-state index contributed by atoms with van der Waals surface area (Å²) in [7, 11) is 1.67. The number of ether oxygens (including phenoxy) is 2. The SMILES string of the molecule is CCCC=CN(c1ncnc(NC(C)c2ccc(OC)cc2)c1C)C1CCC(CO)O1. The molecule has 1 aliphatic heterocycles. The van der Waals surface area contributed by atoms with Gasteiger partial charge in [0.25, 0.3) is 0 Å². The molecule has 0 aliphatic carbocycles. The van der Waals surface area contributed by atoms with Crippen molar-refractivity contribution in [3.05, 3.63) is 54.0 Å². The number of hydrogen-bond donors (Lipinski definition) is 2. The molecule has 1 aromatic heterocycles. The van der Waals surface area contributed by atoms with E-state index in [2.05, 4.69) is 58.4 Å². The molecule has 7 heteroatoms. The summed E-state index contributed by atoms with van der Waals surface area (Å²) in [6.07, 6.45) is 9.25. The highest BCUT2D eigenvalue weighted by Crippen LogP contribution is 2.32. The summed E-state index contributed by atoms with van der Waals surface area (Å²) in [5.41, 5.74) is 2.10. The van der Waals surface area contributed by atoms with Crippen molar-refractivity contribution in [1.82, 2.24) is 9.97 Å². The van der Waals surface area contributed by atoms with E-state index in [1.807, 2.05) is 19.1 Å². The van der Waals surface area contributed by atoms with Crippen LogP contribution in [0.1, 0.15) is 56.7 Å². The minimum Gasteiger partial charge on any atom is -0.497 e. The maximum absolute atomic E-state index is 9.48. The Hall–Kier alpha value is -2.64. The lowest BCUT2D eigenvalue weighted by Gasteiger charge is -2.28. The van der Waals surface area contributed by atoms with E-state index in [0.29, 0.717) is 0 Å². The summed E-state index contributed by atoms with van der Waals surface area (Å²) in [5, 5.41) is 13.0. The minimum absolute atomic E-state index is 0.0396. The molecule has 2 heterocycles. The van der Waals surface area contributed by atoms with E-state index < -0.39 is 0 Å². The molecule has 0 bridgehead atoms. The van der Waals surface area contributed by atoms with Gasteiger partial charge in [0.1, 0.15) is 29.9 Å². The zero-order chi connectivity index (χ0) is 22.2. The zero-order valence-electron chi connectivity index (χ0n) is 18.9. The van der Waals surface area contributed by atoms with Crippen LogP contribution in [0.4, 0.5) is 11.6 Å². The third-order valence-corrected chi connectivity index (χ3v) is 5.59. The molecule has 2 aromatic rings. The van der Waals surface area contributed by atoms with Gasteiger partial charge in [-0.1, -0.05) is 31.6 Å². The van der Waals surface area contributed by atoms with Crippen LogP contribution in [-0.2, 0) is 4.74 Å². The van der Waals surface area contributed by atoms with E-state index in [9.17, 15) is 5.11 Å². The first kappa shape index (κ1) is 23.0. The van der Waals surface area contributed by atoms with E-state index in [1.165, 1.54) is 0 Å². The van der Waals surface area contributed by atoms with Crippen molar-refractivity contribution in [1.29, 1.82) is 0 Å². The van der Waals surface area contributed by atoms with Crippen LogP contribution in [0.3, 0.4) is 0 Å². The molecule has 0 amide bonds. The number of unbranched alkanes of at least 4 members (excludes halogenated alkanes) is 1. The van der Waals surface area contributed by atoms with Crippen molar-refractivity contribution in [2.24, 2.45) is 0 Å². The highest BCUT2D eigenvalue weighted by molar-refractivity contribution is 5.60. The molecule has 1 fully saturated rings. The van der Waals surface area contributed by atoms with E-state index in [-0.39, 0.29) is 25.0 Å². The number of hydrogen-bond acceptors (Lipinski definition) is 7. The number of aliphatic hydroxyl groups excluding tert-OH is 1. The predicted octanol–water partition coefficient (Wildman–Crippen LogP) is 4.58. The molecule has 0 spiro atoms. The van der Waals surface area contributed by atoms with Gasteiger partial charge in [0, 0.05) is 17.8 Å². The quantitative estimate of drug-likeness (QED) is 0.575. The highest BCUT2D eigenvalue weighted by atomic mass is 16.5. The normalized spacial score (nSPS) is 19.5. The lowest BCUT2D eigenvalue weighted by Crippen LogP contribution is -2.33. The molecule has 1 aromatic carbocycles. The Morgan fingerprint density at radius 2 is 2.06 bits per heavy atom. The smallest absolute Gasteiger partial charge is 0.143 e. The Balaban J connectivity index is 1.83. The van der Waals surface area contributed by atoms with Gasteiger partial charge in [0.05, 0.1) is 19.8 Å². The maximum Gasteiger partial charge on any atom is 0.143 e. The average Bonchev–Trinajstić information content (AvgIpc) is 3.27. The fourth-order valence-electron chi connectivity index (χ4n) is 3.71. The van der Waals surface area contributed by atoms with Crippen molar-refractivity contribution in [3.63, 3.8) is 0 Å². The van der Waals surface area contributed by atoms with Crippen LogP contribution in [0.25, 0.3) is 0 Å². The van der Waals surface area contributed by atoms with Crippen molar-refractivity contribution < 1.29 is 14.6 Å². The molecule has 3 unspecified atom stereocenters. The van der Waals surface area contributed by atoms with Crippen molar-refractivity contribution in [2.45, 2.75) is 64.8 Å². The number of aliphatic hydroxyl groups is 1. The van der Waals surface area contributed by atoms with Crippen LogP contribution in [0, 0.1) is 6.92 Å². The summed E-state index contributed by atoms with van der Waals surface area (Å²) < 4.78 is 11.3. The van der Waals surface area contributed by atoms with Crippen LogP contribution in [0.2, 0.25) is 0 Å². The van der Waals surface area contributed by atoms with E-state index >= 15 is 0 Å². The highest BCUT2D eigenvalue weighted by Gasteiger charge is 2.30. The van der Waals surface area contributed by atoms with Crippen molar-refractivity contribution >= 4 is 11.6 Å². The fourth-order valence-corrected chi connectivity index (χ4v) is 3.71.